The van der Waals surface area contributed by atoms with Crippen molar-refractivity contribution in [3.05, 3.63) is 60.7 Å². The van der Waals surface area contributed by atoms with Crippen molar-refractivity contribution in [1.29, 1.82) is 0 Å². The Morgan fingerprint density at radius 1 is 0.590 bits per heavy atom. The van der Waals surface area contributed by atoms with Crippen LogP contribution in [0.1, 0.15) is 124 Å². The first-order valence-electron chi connectivity index (χ1n) is 15.6. The summed E-state index contributed by atoms with van der Waals surface area (Å²) in [4.78, 5) is 21.1. The van der Waals surface area contributed by atoms with E-state index >= 15 is 0 Å². The van der Waals surface area contributed by atoms with E-state index in [-0.39, 0.29) is 11.1 Å². The normalized spacial score (nSPS) is 12.1. The Morgan fingerprint density at radius 2 is 0.949 bits per heavy atom. The number of aldehydes is 2. The lowest BCUT2D eigenvalue weighted by Crippen LogP contribution is -2.67. The van der Waals surface area contributed by atoms with E-state index in [4.69, 9.17) is 4.43 Å². The molecular weight excluding hydrogens is 496 g/mol. The van der Waals surface area contributed by atoms with Crippen molar-refractivity contribution in [2.75, 3.05) is 0 Å². The molecule has 0 unspecified atom stereocenters. The number of carbonyl (C=O) groups excluding carboxylic acids is 2. The Bertz CT molecular complexity index is 828. The van der Waals surface area contributed by atoms with Crippen LogP contribution in [0, 0.1) is 0 Å². The Labute approximate surface area is 240 Å². The number of unbranched alkanes of at least 4 members (excludes halogenated alkanes) is 12. The molecule has 0 aliphatic rings. The second-order valence-electron chi connectivity index (χ2n) is 12.1. The van der Waals surface area contributed by atoms with Crippen LogP contribution in [0.2, 0.25) is 5.04 Å². The van der Waals surface area contributed by atoms with Crippen LogP contribution < -0.4 is 10.4 Å². The lowest BCUT2D eigenvalue weighted by atomic mass is 10.0. The zero-order valence-corrected chi connectivity index (χ0v) is 26.0. The molecule has 0 radical (unpaired) electrons. The second kappa shape index (κ2) is 19.1. The topological polar surface area (TPSA) is 43.4 Å². The predicted octanol–water partition coefficient (Wildman–Crippen LogP) is 8.57. The molecule has 0 spiro atoms. The van der Waals surface area contributed by atoms with Crippen LogP contribution in [0.5, 0.6) is 0 Å². The number of hydrogen-bond donors (Lipinski definition) is 0. The summed E-state index contributed by atoms with van der Waals surface area (Å²) < 4.78 is 7.56. The number of carbonyl (C=O) groups is 2. The third kappa shape index (κ3) is 11.5. The van der Waals surface area contributed by atoms with Gasteiger partial charge < -0.3 is 14.0 Å². The third-order valence-electron chi connectivity index (χ3n) is 7.96. The molecule has 0 bridgehead atoms. The standard InChI is InChI=1S/C35H54O3Si/c1-35(2,3)39(33-26-18-14-19-27-33,34-28-20-15-21-29-34)38-32(24-16-10-6-4-8-12-22-30-36)25-17-11-7-5-9-13-23-31-37/h14-15,18-21,26-32H,4-13,16-17,22-25H2,1-3H3. The molecule has 0 fully saturated rings. The minimum Gasteiger partial charge on any atom is -0.404 e. The van der Waals surface area contributed by atoms with Crippen molar-refractivity contribution in [1.82, 2.24) is 0 Å². The first-order valence-corrected chi connectivity index (χ1v) is 17.5. The molecule has 39 heavy (non-hydrogen) atoms. The van der Waals surface area contributed by atoms with Crippen LogP contribution in [0.25, 0.3) is 0 Å². The smallest absolute Gasteiger partial charge is 0.261 e. The first kappa shape index (κ1) is 33.2. The Balaban J connectivity index is 2.15. The maximum absolute atomic E-state index is 10.6. The van der Waals surface area contributed by atoms with Crippen molar-refractivity contribution in [3.8, 4) is 0 Å². The maximum atomic E-state index is 10.6. The average molecular weight is 551 g/mol. The van der Waals surface area contributed by atoms with Crippen molar-refractivity contribution in [2.45, 2.75) is 135 Å². The molecule has 2 aromatic carbocycles. The fourth-order valence-electron chi connectivity index (χ4n) is 5.82. The molecule has 0 atom stereocenters. The zero-order chi connectivity index (χ0) is 28.2. The fraction of sp³-hybridized carbons (Fsp3) is 0.600. The van der Waals surface area contributed by atoms with Crippen LogP contribution in [0.3, 0.4) is 0 Å². The van der Waals surface area contributed by atoms with Gasteiger partial charge in [-0.25, -0.2) is 0 Å². The lowest BCUT2D eigenvalue weighted by molar-refractivity contribution is -0.108. The quantitative estimate of drug-likeness (QED) is 0.0838. The van der Waals surface area contributed by atoms with E-state index in [0.717, 1.165) is 51.1 Å². The molecule has 0 saturated carbocycles. The summed E-state index contributed by atoms with van der Waals surface area (Å²) >= 11 is 0. The summed E-state index contributed by atoms with van der Waals surface area (Å²) in [5.74, 6) is 0. The Hall–Kier alpha value is -2.04. The van der Waals surface area contributed by atoms with Gasteiger partial charge in [-0.15, -0.1) is 0 Å². The molecule has 0 aromatic heterocycles. The molecule has 0 heterocycles. The number of benzene rings is 2. The van der Waals surface area contributed by atoms with Crippen LogP contribution in [-0.2, 0) is 14.0 Å². The summed E-state index contributed by atoms with van der Waals surface area (Å²) in [5, 5.41) is 2.71. The van der Waals surface area contributed by atoms with Crippen molar-refractivity contribution in [2.24, 2.45) is 0 Å². The summed E-state index contributed by atoms with van der Waals surface area (Å²) in [6.07, 6.45) is 20.1. The summed E-state index contributed by atoms with van der Waals surface area (Å²) in [5.41, 5.74) is 0. The molecular formula is C35H54O3Si. The summed E-state index contributed by atoms with van der Waals surface area (Å²) in [7, 11) is -2.56. The van der Waals surface area contributed by atoms with Gasteiger partial charge >= 0.3 is 0 Å². The third-order valence-corrected chi connectivity index (χ3v) is 13.0. The van der Waals surface area contributed by atoms with Crippen molar-refractivity contribution >= 4 is 31.3 Å². The molecule has 216 valence electrons. The van der Waals surface area contributed by atoms with Gasteiger partial charge in [0.1, 0.15) is 12.6 Å². The van der Waals surface area contributed by atoms with Crippen molar-refractivity contribution < 1.29 is 14.0 Å². The fourth-order valence-corrected chi connectivity index (χ4v) is 10.6. The van der Waals surface area contributed by atoms with E-state index in [2.05, 4.69) is 81.4 Å². The van der Waals surface area contributed by atoms with Crippen molar-refractivity contribution in [3.63, 3.8) is 0 Å². The van der Waals surface area contributed by atoms with Gasteiger partial charge in [0.05, 0.1) is 0 Å². The minimum absolute atomic E-state index is 0.00881. The van der Waals surface area contributed by atoms with E-state index in [1.807, 2.05) is 0 Å². The molecule has 0 amide bonds. The summed E-state index contributed by atoms with van der Waals surface area (Å²) in [6, 6.07) is 22.0. The van der Waals surface area contributed by atoms with E-state index in [9.17, 15) is 9.59 Å². The van der Waals surface area contributed by atoms with Gasteiger partial charge in [-0.3, -0.25) is 0 Å². The molecule has 2 aromatic rings. The maximum Gasteiger partial charge on any atom is 0.261 e. The minimum atomic E-state index is -2.56. The SMILES string of the molecule is CC(C)(C)[Si](OC(CCCCCCCCC=O)CCCCCCCCC=O)(c1ccccc1)c1ccccc1. The van der Waals surface area contributed by atoms with Gasteiger partial charge in [0, 0.05) is 18.9 Å². The molecule has 0 saturated heterocycles. The molecule has 3 nitrogen and oxygen atoms in total. The molecule has 0 aliphatic heterocycles. The average Bonchev–Trinajstić information content (AvgIpc) is 2.94. The monoisotopic (exact) mass is 550 g/mol. The van der Waals surface area contributed by atoms with E-state index in [0.29, 0.717) is 12.8 Å². The highest BCUT2D eigenvalue weighted by atomic mass is 28.4. The zero-order valence-electron chi connectivity index (χ0n) is 25.0. The highest BCUT2D eigenvalue weighted by Gasteiger charge is 2.51. The number of rotatable bonds is 22. The number of hydrogen-bond acceptors (Lipinski definition) is 3. The second-order valence-corrected chi connectivity index (χ2v) is 16.4. The molecule has 0 N–H and O–H groups in total. The molecule has 4 heteroatoms. The largest absolute Gasteiger partial charge is 0.404 e. The Morgan fingerprint density at radius 3 is 1.31 bits per heavy atom. The van der Waals surface area contributed by atoms with E-state index < -0.39 is 8.32 Å². The van der Waals surface area contributed by atoms with Gasteiger partial charge in [0.2, 0.25) is 0 Å². The van der Waals surface area contributed by atoms with Gasteiger partial charge in [0.15, 0.2) is 0 Å². The van der Waals surface area contributed by atoms with Gasteiger partial charge in [-0.05, 0) is 41.1 Å². The molecule has 0 aliphatic carbocycles. The van der Waals surface area contributed by atoms with Crippen LogP contribution in [0.4, 0.5) is 0 Å². The van der Waals surface area contributed by atoms with Crippen LogP contribution in [0.15, 0.2) is 60.7 Å². The predicted molar refractivity (Wildman–Crippen MR) is 168 cm³/mol. The van der Waals surface area contributed by atoms with E-state index in [1.54, 1.807) is 0 Å². The van der Waals surface area contributed by atoms with Crippen LogP contribution in [-0.4, -0.2) is 27.0 Å². The summed E-state index contributed by atoms with van der Waals surface area (Å²) in [6.45, 7) is 7.11. The highest BCUT2D eigenvalue weighted by molar-refractivity contribution is 6.99. The van der Waals surface area contributed by atoms with Crippen LogP contribution >= 0.6 is 0 Å². The van der Waals surface area contributed by atoms with Gasteiger partial charge in [-0.2, -0.15) is 0 Å². The van der Waals surface area contributed by atoms with Gasteiger partial charge in [0.25, 0.3) is 8.32 Å². The molecule has 2 rings (SSSR count). The first-order chi connectivity index (χ1) is 19.0. The van der Waals surface area contributed by atoms with Gasteiger partial charge in [-0.1, -0.05) is 146 Å². The van der Waals surface area contributed by atoms with E-state index in [1.165, 1.54) is 61.7 Å². The lowest BCUT2D eigenvalue weighted by Gasteiger charge is -2.45. The highest BCUT2D eigenvalue weighted by Crippen LogP contribution is 2.38. The Kier molecular flexibility index (Phi) is 16.2.